The summed E-state index contributed by atoms with van der Waals surface area (Å²) in [5.74, 6) is 0.123. The molecule has 3 aliphatic rings. The molecule has 30 heavy (non-hydrogen) atoms. The summed E-state index contributed by atoms with van der Waals surface area (Å²) in [6, 6.07) is 1.63. The third-order valence-electron chi connectivity index (χ3n) is 7.35. The van der Waals surface area contributed by atoms with Crippen LogP contribution in [0.25, 0.3) is 0 Å². The molecule has 0 saturated carbocycles. The first kappa shape index (κ1) is 20.6. The van der Waals surface area contributed by atoms with E-state index in [2.05, 4.69) is 10.2 Å². The van der Waals surface area contributed by atoms with Crippen LogP contribution < -0.4 is 0 Å². The van der Waals surface area contributed by atoms with E-state index < -0.39 is 5.41 Å². The van der Waals surface area contributed by atoms with Gasteiger partial charge >= 0.3 is 6.03 Å². The first-order chi connectivity index (χ1) is 14.3. The van der Waals surface area contributed by atoms with Crippen molar-refractivity contribution in [1.29, 1.82) is 0 Å². The van der Waals surface area contributed by atoms with Crippen molar-refractivity contribution in [2.45, 2.75) is 26.2 Å². The van der Waals surface area contributed by atoms with E-state index in [1.54, 1.807) is 25.1 Å². The molecule has 0 aliphatic carbocycles. The van der Waals surface area contributed by atoms with E-state index in [0.29, 0.717) is 38.3 Å². The molecule has 4 rings (SSSR count). The number of hydrogen-bond donors (Lipinski definition) is 0. The molecule has 1 aromatic rings. The summed E-state index contributed by atoms with van der Waals surface area (Å²) in [5.41, 5.74) is -0.296. The number of fused-ring (bicyclic) bond motifs is 1. The number of urea groups is 1. The van der Waals surface area contributed by atoms with Crippen molar-refractivity contribution in [3.63, 3.8) is 0 Å². The Labute approximate surface area is 177 Å². The van der Waals surface area contributed by atoms with Gasteiger partial charge in [0.05, 0.1) is 23.4 Å². The SMILES string of the molecule is CCN1CCC2(CN(C(=O)N(C)C)CC23CCN(C(=O)c2ccnnc2)CC3)C1=O. The Hall–Kier alpha value is -2.71. The van der Waals surface area contributed by atoms with E-state index in [-0.39, 0.29) is 23.3 Å². The molecule has 3 aliphatic heterocycles. The number of nitrogens with zero attached hydrogens (tertiary/aromatic N) is 6. The van der Waals surface area contributed by atoms with Crippen LogP contribution in [-0.2, 0) is 4.79 Å². The van der Waals surface area contributed by atoms with Crippen molar-refractivity contribution in [1.82, 2.24) is 29.8 Å². The Morgan fingerprint density at radius 1 is 1.07 bits per heavy atom. The van der Waals surface area contributed by atoms with Gasteiger partial charge in [0.15, 0.2) is 0 Å². The highest BCUT2D eigenvalue weighted by Gasteiger charge is 2.66. The summed E-state index contributed by atoms with van der Waals surface area (Å²) < 4.78 is 0. The van der Waals surface area contributed by atoms with Gasteiger partial charge in [-0.3, -0.25) is 9.59 Å². The highest BCUT2D eigenvalue weighted by Crippen LogP contribution is 2.58. The number of rotatable bonds is 2. The summed E-state index contributed by atoms with van der Waals surface area (Å²) in [6.45, 7) is 5.64. The molecule has 2 spiro atoms. The zero-order chi connectivity index (χ0) is 21.5. The minimum atomic E-state index is -0.540. The van der Waals surface area contributed by atoms with Crippen LogP contribution >= 0.6 is 0 Å². The Balaban J connectivity index is 1.58. The smallest absolute Gasteiger partial charge is 0.319 e. The topological polar surface area (TPSA) is 89.9 Å². The van der Waals surface area contributed by atoms with Crippen LogP contribution in [0.1, 0.15) is 36.5 Å². The predicted octanol–water partition coefficient (Wildman–Crippen LogP) is 0.935. The van der Waals surface area contributed by atoms with Crippen LogP contribution in [-0.4, -0.2) is 101 Å². The molecule has 1 atom stereocenters. The van der Waals surface area contributed by atoms with Crippen LogP contribution in [0.2, 0.25) is 0 Å². The van der Waals surface area contributed by atoms with Gasteiger partial charge in [-0.1, -0.05) is 0 Å². The molecule has 3 saturated heterocycles. The first-order valence-electron chi connectivity index (χ1n) is 10.7. The third kappa shape index (κ3) is 3.02. The zero-order valence-corrected chi connectivity index (χ0v) is 18.0. The molecule has 3 fully saturated rings. The summed E-state index contributed by atoms with van der Waals surface area (Å²) in [7, 11) is 3.50. The Morgan fingerprint density at radius 3 is 2.37 bits per heavy atom. The molecule has 0 N–H and O–H groups in total. The molecule has 1 aromatic heterocycles. The maximum atomic E-state index is 13.5. The normalized spacial score (nSPS) is 25.4. The molecule has 162 valence electrons. The fourth-order valence-electron chi connectivity index (χ4n) is 5.64. The maximum Gasteiger partial charge on any atom is 0.319 e. The summed E-state index contributed by atoms with van der Waals surface area (Å²) in [6.07, 6.45) is 5.22. The number of hydrogen-bond acceptors (Lipinski definition) is 5. The number of amides is 4. The molecule has 9 nitrogen and oxygen atoms in total. The summed E-state index contributed by atoms with van der Waals surface area (Å²) >= 11 is 0. The molecular weight excluding hydrogens is 384 g/mol. The Bertz CT molecular complexity index is 836. The highest BCUT2D eigenvalue weighted by atomic mass is 16.2. The van der Waals surface area contributed by atoms with Crippen molar-refractivity contribution in [3.05, 3.63) is 24.0 Å². The maximum absolute atomic E-state index is 13.5. The molecule has 0 bridgehead atoms. The minimum absolute atomic E-state index is 0.0460. The van der Waals surface area contributed by atoms with E-state index in [4.69, 9.17) is 0 Å². The predicted molar refractivity (Wildman–Crippen MR) is 110 cm³/mol. The average molecular weight is 415 g/mol. The van der Waals surface area contributed by atoms with Gasteiger partial charge < -0.3 is 19.6 Å². The van der Waals surface area contributed by atoms with Crippen LogP contribution in [0.5, 0.6) is 0 Å². The molecular formula is C21H30N6O3. The molecule has 9 heteroatoms. The van der Waals surface area contributed by atoms with Gasteiger partial charge in [-0.2, -0.15) is 10.2 Å². The number of aromatic nitrogens is 2. The van der Waals surface area contributed by atoms with Gasteiger partial charge in [0.1, 0.15) is 0 Å². The summed E-state index contributed by atoms with van der Waals surface area (Å²) in [4.78, 5) is 46.3. The van der Waals surface area contributed by atoms with Crippen molar-refractivity contribution >= 4 is 17.8 Å². The van der Waals surface area contributed by atoms with Crippen LogP contribution in [0.4, 0.5) is 4.79 Å². The lowest BCUT2D eigenvalue weighted by atomic mass is 9.60. The lowest BCUT2D eigenvalue weighted by Crippen LogP contribution is -2.53. The van der Waals surface area contributed by atoms with Gasteiger partial charge in [-0.25, -0.2) is 4.79 Å². The third-order valence-corrected chi connectivity index (χ3v) is 7.35. The highest BCUT2D eigenvalue weighted by molar-refractivity contribution is 5.94. The second-order valence-electron chi connectivity index (χ2n) is 8.95. The van der Waals surface area contributed by atoms with E-state index in [9.17, 15) is 14.4 Å². The monoisotopic (exact) mass is 414 g/mol. The van der Waals surface area contributed by atoms with E-state index >= 15 is 0 Å². The van der Waals surface area contributed by atoms with Crippen molar-refractivity contribution < 1.29 is 14.4 Å². The van der Waals surface area contributed by atoms with Crippen LogP contribution in [0, 0.1) is 10.8 Å². The molecule has 0 aromatic carbocycles. The standard InChI is InChI=1S/C21H30N6O3/c1-4-25-12-8-21(18(25)29)15-27(19(30)24(2)3)14-20(21)6-10-26(11-7-20)17(28)16-5-9-22-23-13-16/h5,9,13H,4,6-8,10-12,14-15H2,1-3H3. The number of likely N-dealkylation sites (tertiary alicyclic amines) is 3. The van der Waals surface area contributed by atoms with Gasteiger partial charge in [0.25, 0.3) is 5.91 Å². The van der Waals surface area contributed by atoms with Gasteiger partial charge in [-0.05, 0) is 32.3 Å². The van der Waals surface area contributed by atoms with E-state index in [1.165, 1.54) is 12.4 Å². The largest absolute Gasteiger partial charge is 0.342 e. The quantitative estimate of drug-likeness (QED) is 0.718. The average Bonchev–Trinajstić information content (AvgIpc) is 3.26. The Kier molecular flexibility index (Phi) is 5.15. The van der Waals surface area contributed by atoms with E-state index in [0.717, 1.165) is 25.8 Å². The van der Waals surface area contributed by atoms with Crippen LogP contribution in [0.3, 0.4) is 0 Å². The fraction of sp³-hybridized carbons (Fsp3) is 0.667. The van der Waals surface area contributed by atoms with Gasteiger partial charge in [0.2, 0.25) is 5.91 Å². The number of carbonyl (C=O) groups excluding carboxylic acids is 3. The van der Waals surface area contributed by atoms with Crippen LogP contribution in [0.15, 0.2) is 18.5 Å². The first-order valence-corrected chi connectivity index (χ1v) is 10.7. The zero-order valence-electron chi connectivity index (χ0n) is 18.0. The molecule has 1 unspecified atom stereocenters. The van der Waals surface area contributed by atoms with Crippen molar-refractivity contribution in [2.24, 2.45) is 10.8 Å². The summed E-state index contributed by atoms with van der Waals surface area (Å²) in [5, 5.41) is 7.54. The van der Waals surface area contributed by atoms with Gasteiger partial charge in [0, 0.05) is 58.8 Å². The molecule has 0 radical (unpaired) electrons. The Morgan fingerprint density at radius 2 is 1.80 bits per heavy atom. The number of carbonyl (C=O) groups is 3. The fourth-order valence-corrected chi connectivity index (χ4v) is 5.64. The van der Waals surface area contributed by atoms with Gasteiger partial charge in [-0.15, -0.1) is 0 Å². The minimum Gasteiger partial charge on any atom is -0.342 e. The lowest BCUT2D eigenvalue weighted by Gasteiger charge is -2.46. The second kappa shape index (κ2) is 7.52. The van der Waals surface area contributed by atoms with Crippen molar-refractivity contribution in [2.75, 3.05) is 53.4 Å². The molecule has 4 heterocycles. The van der Waals surface area contributed by atoms with E-state index in [1.807, 2.05) is 21.6 Å². The molecule has 4 amide bonds. The second-order valence-corrected chi connectivity index (χ2v) is 8.95. The number of piperidine rings is 1. The lowest BCUT2D eigenvalue weighted by molar-refractivity contribution is -0.141. The van der Waals surface area contributed by atoms with Crippen molar-refractivity contribution in [3.8, 4) is 0 Å².